The van der Waals surface area contributed by atoms with Crippen LogP contribution >= 0.6 is 0 Å². The summed E-state index contributed by atoms with van der Waals surface area (Å²) < 4.78 is 50.6. The molecular weight excluding hydrogens is 436 g/mol. The molecule has 0 N–H and O–H groups in total. The van der Waals surface area contributed by atoms with Gasteiger partial charge in [0.1, 0.15) is 0 Å². The first-order valence-corrected chi connectivity index (χ1v) is 14.4. The highest BCUT2D eigenvalue weighted by Crippen LogP contribution is 2.44. The van der Waals surface area contributed by atoms with Crippen molar-refractivity contribution < 1.29 is 17.6 Å². The maximum Gasteiger partial charge on any atom is 0.442 e. The van der Waals surface area contributed by atoms with Crippen molar-refractivity contribution in [2.75, 3.05) is 0 Å². The van der Waals surface area contributed by atoms with Gasteiger partial charge in [-0.1, -0.05) is 31.9 Å². The van der Waals surface area contributed by atoms with Crippen molar-refractivity contribution in [3.05, 3.63) is 24.1 Å². The fourth-order valence-electron chi connectivity index (χ4n) is 7.77. The van der Waals surface area contributed by atoms with E-state index in [2.05, 4.69) is 19.1 Å². The van der Waals surface area contributed by atoms with Gasteiger partial charge in [0.05, 0.1) is 0 Å². The molecular formula is C30H46F4. The smallest absolute Gasteiger partial charge is 0.202 e. The first-order chi connectivity index (χ1) is 16.3. The Labute approximate surface area is 205 Å². The highest BCUT2D eigenvalue weighted by molar-refractivity contribution is 5.03. The van der Waals surface area contributed by atoms with Gasteiger partial charge in [-0.15, -0.1) is 0 Å². The average molecular weight is 483 g/mol. The van der Waals surface area contributed by atoms with Crippen LogP contribution in [-0.2, 0) is 0 Å². The number of halogens is 4. The Hall–Kier alpha value is -0.800. The topological polar surface area (TPSA) is 0 Å². The zero-order valence-corrected chi connectivity index (χ0v) is 21.2. The summed E-state index contributed by atoms with van der Waals surface area (Å²) in [5.74, 6) is 3.65. The molecule has 4 aliphatic carbocycles. The minimum atomic E-state index is -4.82. The summed E-state index contributed by atoms with van der Waals surface area (Å²) in [6, 6.07) is 0. The van der Waals surface area contributed by atoms with Gasteiger partial charge >= 0.3 is 6.18 Å². The lowest BCUT2D eigenvalue weighted by Crippen LogP contribution is -2.26. The van der Waals surface area contributed by atoms with Crippen LogP contribution in [0.4, 0.5) is 17.6 Å². The molecule has 0 aliphatic heterocycles. The van der Waals surface area contributed by atoms with E-state index in [9.17, 15) is 17.6 Å². The molecule has 194 valence electrons. The van der Waals surface area contributed by atoms with Crippen LogP contribution in [0.3, 0.4) is 0 Å². The Morgan fingerprint density at radius 3 is 1.21 bits per heavy atom. The van der Waals surface area contributed by atoms with Crippen LogP contribution in [0.25, 0.3) is 0 Å². The van der Waals surface area contributed by atoms with Crippen molar-refractivity contribution in [3.8, 4) is 0 Å². The number of hydrogen-bond acceptors (Lipinski definition) is 0. The van der Waals surface area contributed by atoms with Crippen molar-refractivity contribution >= 4 is 0 Å². The molecule has 0 heterocycles. The normalized spacial score (nSPS) is 41.0. The SMILES string of the molecule is CC1CCC(C2CCC(/C=C/C3CCC(C4CCC(C=C(F)C(F)(F)F)CC4)CC3)CC2)CC1. The maximum atomic E-state index is 13.2. The molecule has 4 aliphatic rings. The molecule has 0 bridgehead atoms. The van der Waals surface area contributed by atoms with Gasteiger partial charge in [0, 0.05) is 0 Å². The number of alkyl halides is 3. The molecule has 0 aromatic heterocycles. The highest BCUT2D eigenvalue weighted by atomic mass is 19.4. The summed E-state index contributed by atoms with van der Waals surface area (Å²) in [7, 11) is 0. The van der Waals surface area contributed by atoms with Gasteiger partial charge in [-0.05, 0) is 143 Å². The van der Waals surface area contributed by atoms with Crippen LogP contribution in [0.15, 0.2) is 24.1 Å². The number of rotatable bonds is 5. The predicted molar refractivity (Wildman–Crippen MR) is 132 cm³/mol. The van der Waals surface area contributed by atoms with E-state index in [1.54, 1.807) is 0 Å². The van der Waals surface area contributed by atoms with Crippen LogP contribution in [0.2, 0.25) is 0 Å². The Morgan fingerprint density at radius 1 is 0.529 bits per heavy atom. The average Bonchev–Trinajstić information content (AvgIpc) is 2.84. The van der Waals surface area contributed by atoms with Crippen LogP contribution < -0.4 is 0 Å². The van der Waals surface area contributed by atoms with Crippen molar-refractivity contribution in [2.24, 2.45) is 47.3 Å². The van der Waals surface area contributed by atoms with E-state index >= 15 is 0 Å². The van der Waals surface area contributed by atoms with Gasteiger partial charge in [0.15, 0.2) is 5.83 Å². The van der Waals surface area contributed by atoms with Crippen molar-refractivity contribution in [3.63, 3.8) is 0 Å². The molecule has 0 nitrogen and oxygen atoms in total. The second kappa shape index (κ2) is 12.0. The zero-order chi connectivity index (χ0) is 24.1. The summed E-state index contributed by atoms with van der Waals surface area (Å²) >= 11 is 0. The fraction of sp³-hybridized carbons (Fsp3) is 0.867. The largest absolute Gasteiger partial charge is 0.442 e. The second-order valence-electron chi connectivity index (χ2n) is 12.4. The summed E-state index contributed by atoms with van der Waals surface area (Å²) in [4.78, 5) is 0. The van der Waals surface area contributed by atoms with Gasteiger partial charge < -0.3 is 0 Å². The Kier molecular flexibility index (Phi) is 9.24. The molecule has 0 amide bonds. The van der Waals surface area contributed by atoms with Crippen LogP contribution in [-0.4, -0.2) is 6.18 Å². The van der Waals surface area contributed by atoms with E-state index < -0.39 is 12.0 Å². The summed E-state index contributed by atoms with van der Waals surface area (Å²) in [6.07, 6.45) is 20.9. The second-order valence-corrected chi connectivity index (χ2v) is 12.4. The third kappa shape index (κ3) is 7.36. The van der Waals surface area contributed by atoms with Gasteiger partial charge in [-0.2, -0.15) is 13.2 Å². The van der Waals surface area contributed by atoms with Crippen molar-refractivity contribution in [1.82, 2.24) is 0 Å². The Balaban J connectivity index is 1.13. The van der Waals surface area contributed by atoms with Crippen molar-refractivity contribution in [2.45, 2.75) is 116 Å². The Bertz CT molecular complexity index is 660. The predicted octanol–water partition coefficient (Wildman–Crippen LogP) is 10.2. The molecule has 4 heteroatoms. The molecule has 4 fully saturated rings. The van der Waals surface area contributed by atoms with E-state index in [4.69, 9.17) is 0 Å². The molecule has 4 saturated carbocycles. The van der Waals surface area contributed by atoms with Crippen LogP contribution in [0.5, 0.6) is 0 Å². The fourth-order valence-corrected chi connectivity index (χ4v) is 7.77. The monoisotopic (exact) mass is 482 g/mol. The van der Waals surface area contributed by atoms with E-state index in [-0.39, 0.29) is 5.92 Å². The lowest BCUT2D eigenvalue weighted by molar-refractivity contribution is -0.109. The minimum absolute atomic E-state index is 0.242. The Morgan fingerprint density at radius 2 is 0.853 bits per heavy atom. The quantitative estimate of drug-likeness (QED) is 0.270. The summed E-state index contributed by atoms with van der Waals surface area (Å²) in [6.45, 7) is 2.42. The first-order valence-electron chi connectivity index (χ1n) is 14.4. The van der Waals surface area contributed by atoms with Gasteiger partial charge in [-0.3, -0.25) is 0 Å². The molecule has 0 atom stereocenters. The molecule has 0 unspecified atom stereocenters. The van der Waals surface area contributed by atoms with Gasteiger partial charge in [0.2, 0.25) is 0 Å². The lowest BCUT2D eigenvalue weighted by Gasteiger charge is -2.37. The highest BCUT2D eigenvalue weighted by Gasteiger charge is 2.36. The maximum absolute atomic E-state index is 13.2. The van der Waals surface area contributed by atoms with E-state index in [1.807, 2.05) is 0 Å². The molecule has 0 saturated heterocycles. The van der Waals surface area contributed by atoms with Crippen LogP contribution in [0.1, 0.15) is 110 Å². The minimum Gasteiger partial charge on any atom is -0.202 e. The molecule has 0 spiro atoms. The molecule has 0 aromatic carbocycles. The number of hydrogen-bond donors (Lipinski definition) is 0. The van der Waals surface area contributed by atoms with E-state index in [1.165, 1.54) is 77.0 Å². The third-order valence-corrected chi connectivity index (χ3v) is 10.2. The van der Waals surface area contributed by atoms with Crippen molar-refractivity contribution in [1.29, 1.82) is 0 Å². The van der Waals surface area contributed by atoms with E-state index in [0.29, 0.717) is 24.7 Å². The first kappa shape index (κ1) is 26.3. The van der Waals surface area contributed by atoms with Gasteiger partial charge in [-0.25, -0.2) is 4.39 Å². The summed E-state index contributed by atoms with van der Waals surface area (Å²) in [5.41, 5.74) is 0. The molecule has 0 aromatic rings. The standard InChI is InChI=1S/C30H46F4/c1-21-2-12-25(13-3-21)26-14-6-22(7-15-26)4-5-23-8-16-27(17-9-23)28-18-10-24(11-19-28)20-29(31)30(32,33)34/h4-5,20-28H,2-3,6-19H2,1H3/b5-4+,29-20?. The molecule has 4 rings (SSSR count). The zero-order valence-electron chi connectivity index (χ0n) is 21.2. The third-order valence-electron chi connectivity index (χ3n) is 10.2. The van der Waals surface area contributed by atoms with E-state index in [0.717, 1.165) is 48.5 Å². The molecule has 34 heavy (non-hydrogen) atoms. The number of allylic oxidation sites excluding steroid dienone is 4. The van der Waals surface area contributed by atoms with Crippen LogP contribution in [0, 0.1) is 47.3 Å². The summed E-state index contributed by atoms with van der Waals surface area (Å²) in [5, 5.41) is 0. The lowest BCUT2D eigenvalue weighted by atomic mass is 9.68. The van der Waals surface area contributed by atoms with Gasteiger partial charge in [0.25, 0.3) is 0 Å². The molecule has 0 radical (unpaired) electrons.